The van der Waals surface area contributed by atoms with Gasteiger partial charge in [0.1, 0.15) is 12.4 Å². The van der Waals surface area contributed by atoms with Gasteiger partial charge < -0.3 is 10.1 Å². The number of alkyl carbamates (subject to hydrolysis) is 1. The van der Waals surface area contributed by atoms with E-state index in [1.54, 1.807) is 13.0 Å². The topological polar surface area (TPSA) is 55.4 Å². The minimum absolute atomic E-state index is 0.119. The molecule has 0 heterocycles. The van der Waals surface area contributed by atoms with Crippen LogP contribution >= 0.6 is 0 Å². The number of hydrogen-bond acceptors (Lipinski definition) is 3. The molecule has 0 aromatic rings. The SMILES string of the molecule is C=CC(C)NC(=O)OCC1(C(C)=O)CC2C=CC1C2. The van der Waals surface area contributed by atoms with Gasteiger partial charge in [-0.3, -0.25) is 4.79 Å². The van der Waals surface area contributed by atoms with E-state index in [4.69, 9.17) is 4.74 Å². The van der Waals surface area contributed by atoms with E-state index in [-0.39, 0.29) is 24.3 Å². The lowest BCUT2D eigenvalue weighted by molar-refractivity contribution is -0.130. The van der Waals surface area contributed by atoms with E-state index in [0.717, 1.165) is 12.8 Å². The second kappa shape index (κ2) is 5.19. The molecule has 0 saturated heterocycles. The molecule has 2 rings (SSSR count). The van der Waals surface area contributed by atoms with E-state index in [0.29, 0.717) is 5.92 Å². The second-order valence-electron chi connectivity index (χ2n) is 5.65. The van der Waals surface area contributed by atoms with Crippen LogP contribution in [0.4, 0.5) is 4.79 Å². The minimum atomic E-state index is -0.506. The van der Waals surface area contributed by atoms with Crippen LogP contribution in [0.25, 0.3) is 0 Å². The van der Waals surface area contributed by atoms with Gasteiger partial charge in [0.2, 0.25) is 0 Å². The lowest BCUT2D eigenvalue weighted by Crippen LogP contribution is -2.41. The zero-order valence-electron chi connectivity index (χ0n) is 11.5. The molecule has 4 nitrogen and oxygen atoms in total. The molecule has 4 heteroatoms. The Kier molecular flexibility index (Phi) is 3.78. The van der Waals surface area contributed by atoms with Crippen molar-refractivity contribution in [1.29, 1.82) is 0 Å². The highest BCUT2D eigenvalue weighted by molar-refractivity contribution is 5.84. The smallest absolute Gasteiger partial charge is 0.407 e. The molecule has 104 valence electrons. The van der Waals surface area contributed by atoms with Crippen LogP contribution in [0, 0.1) is 17.3 Å². The van der Waals surface area contributed by atoms with Crippen molar-refractivity contribution in [3.8, 4) is 0 Å². The molecule has 1 N–H and O–H groups in total. The number of carbonyl (C=O) groups excluding carboxylic acids is 2. The molecule has 0 spiro atoms. The Morgan fingerprint density at radius 2 is 2.32 bits per heavy atom. The zero-order valence-corrected chi connectivity index (χ0v) is 11.5. The number of amides is 1. The van der Waals surface area contributed by atoms with Crippen molar-refractivity contribution >= 4 is 11.9 Å². The molecule has 2 aliphatic rings. The fourth-order valence-electron chi connectivity index (χ4n) is 3.11. The molecule has 0 aromatic heterocycles. The van der Waals surface area contributed by atoms with Crippen LogP contribution in [0.2, 0.25) is 0 Å². The maximum atomic E-state index is 12.0. The van der Waals surface area contributed by atoms with Gasteiger partial charge in [0, 0.05) is 6.04 Å². The summed E-state index contributed by atoms with van der Waals surface area (Å²) >= 11 is 0. The standard InChI is InChI=1S/C15H21NO3/c1-4-10(2)16-14(18)19-9-15(11(3)17)8-12-5-6-13(15)7-12/h4-6,10,12-13H,1,7-9H2,2-3H3,(H,16,18). The molecule has 1 saturated carbocycles. The lowest BCUT2D eigenvalue weighted by atomic mass is 9.73. The zero-order chi connectivity index (χ0) is 14.0. The maximum Gasteiger partial charge on any atom is 0.407 e. The lowest BCUT2D eigenvalue weighted by Gasteiger charge is -2.32. The number of fused-ring (bicyclic) bond motifs is 2. The Balaban J connectivity index is 1.96. The van der Waals surface area contributed by atoms with Crippen molar-refractivity contribution in [2.75, 3.05) is 6.61 Å². The van der Waals surface area contributed by atoms with Crippen molar-refractivity contribution < 1.29 is 14.3 Å². The Labute approximate surface area is 113 Å². The number of ether oxygens (including phenoxy) is 1. The van der Waals surface area contributed by atoms with Crippen molar-refractivity contribution in [3.05, 3.63) is 24.8 Å². The normalized spacial score (nSPS) is 32.9. The first-order valence-electron chi connectivity index (χ1n) is 6.73. The second-order valence-corrected chi connectivity index (χ2v) is 5.65. The monoisotopic (exact) mass is 263 g/mol. The Morgan fingerprint density at radius 1 is 1.58 bits per heavy atom. The third-order valence-corrected chi connectivity index (χ3v) is 4.37. The molecule has 0 aromatic carbocycles. The maximum absolute atomic E-state index is 12.0. The van der Waals surface area contributed by atoms with Crippen LogP contribution in [0.3, 0.4) is 0 Å². The van der Waals surface area contributed by atoms with Gasteiger partial charge in [0.15, 0.2) is 0 Å². The fourth-order valence-corrected chi connectivity index (χ4v) is 3.11. The molecule has 4 unspecified atom stereocenters. The summed E-state index contributed by atoms with van der Waals surface area (Å²) < 4.78 is 5.26. The highest BCUT2D eigenvalue weighted by atomic mass is 16.5. The summed E-state index contributed by atoms with van der Waals surface area (Å²) in [7, 11) is 0. The molecular weight excluding hydrogens is 242 g/mol. The highest BCUT2D eigenvalue weighted by Gasteiger charge is 2.52. The summed E-state index contributed by atoms with van der Waals surface area (Å²) in [6.45, 7) is 7.18. The van der Waals surface area contributed by atoms with Gasteiger partial charge in [0.05, 0.1) is 5.41 Å². The van der Waals surface area contributed by atoms with Gasteiger partial charge in [-0.2, -0.15) is 0 Å². The number of carbonyl (C=O) groups is 2. The van der Waals surface area contributed by atoms with Gasteiger partial charge in [-0.1, -0.05) is 18.2 Å². The number of Topliss-reactive ketones (excluding diaryl/α,β-unsaturated/α-hetero) is 1. The van der Waals surface area contributed by atoms with Gasteiger partial charge in [0.25, 0.3) is 0 Å². The number of hydrogen-bond donors (Lipinski definition) is 1. The summed E-state index contributed by atoms with van der Waals surface area (Å²) in [4.78, 5) is 23.6. The van der Waals surface area contributed by atoms with E-state index in [1.165, 1.54) is 0 Å². The van der Waals surface area contributed by atoms with Crippen molar-refractivity contribution in [2.45, 2.75) is 32.7 Å². The molecule has 2 aliphatic carbocycles. The Morgan fingerprint density at radius 3 is 2.79 bits per heavy atom. The molecular formula is C15H21NO3. The molecule has 1 amide bonds. The van der Waals surface area contributed by atoms with Gasteiger partial charge in [-0.25, -0.2) is 4.79 Å². The van der Waals surface area contributed by atoms with Crippen LogP contribution < -0.4 is 5.32 Å². The van der Waals surface area contributed by atoms with E-state index in [2.05, 4.69) is 24.0 Å². The van der Waals surface area contributed by atoms with Crippen LogP contribution in [-0.4, -0.2) is 24.5 Å². The fraction of sp³-hybridized carbons (Fsp3) is 0.600. The molecule has 2 bridgehead atoms. The van der Waals surface area contributed by atoms with Gasteiger partial charge >= 0.3 is 6.09 Å². The van der Waals surface area contributed by atoms with E-state index < -0.39 is 11.5 Å². The average molecular weight is 263 g/mol. The Bertz CT molecular complexity index is 429. The van der Waals surface area contributed by atoms with Crippen LogP contribution in [0.5, 0.6) is 0 Å². The summed E-state index contributed by atoms with van der Waals surface area (Å²) in [6.07, 6.45) is 7.22. The quantitative estimate of drug-likeness (QED) is 0.775. The molecule has 0 aliphatic heterocycles. The van der Waals surface area contributed by atoms with E-state index >= 15 is 0 Å². The first-order valence-corrected chi connectivity index (χ1v) is 6.73. The van der Waals surface area contributed by atoms with E-state index in [9.17, 15) is 9.59 Å². The van der Waals surface area contributed by atoms with E-state index in [1.807, 2.05) is 6.92 Å². The predicted octanol–water partition coefficient (Wildman–Crippen LogP) is 2.46. The van der Waals surface area contributed by atoms with Crippen molar-refractivity contribution in [3.63, 3.8) is 0 Å². The average Bonchev–Trinajstić information content (AvgIpc) is 2.96. The summed E-state index contributed by atoms with van der Waals surface area (Å²) in [5.74, 6) is 0.807. The largest absolute Gasteiger partial charge is 0.448 e. The number of ketones is 1. The molecule has 19 heavy (non-hydrogen) atoms. The summed E-state index contributed by atoms with van der Waals surface area (Å²) in [5, 5.41) is 2.65. The first-order chi connectivity index (χ1) is 8.98. The third-order valence-electron chi connectivity index (χ3n) is 4.37. The molecule has 1 fully saturated rings. The highest BCUT2D eigenvalue weighted by Crippen LogP contribution is 2.52. The Hall–Kier alpha value is -1.58. The number of allylic oxidation sites excluding steroid dienone is 2. The third kappa shape index (κ3) is 2.57. The van der Waals surface area contributed by atoms with Crippen molar-refractivity contribution in [1.82, 2.24) is 5.32 Å². The summed E-state index contributed by atoms with van der Waals surface area (Å²) in [5.41, 5.74) is -0.506. The van der Waals surface area contributed by atoms with Crippen LogP contribution in [0.1, 0.15) is 26.7 Å². The minimum Gasteiger partial charge on any atom is -0.448 e. The van der Waals surface area contributed by atoms with Crippen molar-refractivity contribution in [2.24, 2.45) is 17.3 Å². The molecule has 4 atom stereocenters. The van der Waals surface area contributed by atoms with Crippen LogP contribution in [-0.2, 0) is 9.53 Å². The van der Waals surface area contributed by atoms with Crippen LogP contribution in [0.15, 0.2) is 24.8 Å². The number of rotatable bonds is 5. The molecule has 0 radical (unpaired) electrons. The number of nitrogens with one attached hydrogen (secondary N) is 1. The first kappa shape index (κ1) is 13.8. The van der Waals surface area contributed by atoms with Gasteiger partial charge in [-0.05, 0) is 38.5 Å². The van der Waals surface area contributed by atoms with Gasteiger partial charge in [-0.15, -0.1) is 6.58 Å². The summed E-state index contributed by atoms with van der Waals surface area (Å²) in [6, 6.07) is -0.138. The predicted molar refractivity (Wildman–Crippen MR) is 72.6 cm³/mol.